The Kier molecular flexibility index (Phi) is 3.01. The number of nitrogens with zero attached hydrogens (tertiary/aromatic N) is 2. The maximum atomic E-state index is 12.9. The fourth-order valence-electron chi connectivity index (χ4n) is 1.38. The summed E-state index contributed by atoms with van der Waals surface area (Å²) in [5.41, 5.74) is 7.04. The molecule has 0 saturated heterocycles. The van der Waals surface area contributed by atoms with Crippen LogP contribution >= 0.6 is 11.6 Å². The fourth-order valence-corrected chi connectivity index (χ4v) is 1.52. The van der Waals surface area contributed by atoms with Gasteiger partial charge in [0, 0.05) is 6.42 Å². The maximum absolute atomic E-state index is 12.9. The first-order chi connectivity index (χ1) is 7.65. The number of hydrogen-bond acceptors (Lipinski definition) is 3. The molecule has 0 unspecified atom stereocenters. The molecular formula is C11H9ClFN3. The predicted octanol–water partition coefficient (Wildman–Crippen LogP) is 2.44. The monoisotopic (exact) mass is 237 g/mol. The topological polar surface area (TPSA) is 51.8 Å². The third kappa shape index (κ3) is 2.46. The lowest BCUT2D eigenvalue weighted by Crippen LogP contribution is -2.02. The van der Waals surface area contributed by atoms with Gasteiger partial charge < -0.3 is 5.73 Å². The summed E-state index contributed by atoms with van der Waals surface area (Å²) >= 11 is 5.63. The number of benzene rings is 1. The van der Waals surface area contributed by atoms with E-state index in [-0.39, 0.29) is 16.8 Å². The smallest absolute Gasteiger partial charge is 0.149 e. The lowest BCUT2D eigenvalue weighted by Gasteiger charge is -2.04. The van der Waals surface area contributed by atoms with Crippen molar-refractivity contribution in [1.82, 2.24) is 9.97 Å². The Morgan fingerprint density at radius 3 is 2.88 bits per heavy atom. The van der Waals surface area contributed by atoms with Gasteiger partial charge in [0.1, 0.15) is 16.8 Å². The van der Waals surface area contributed by atoms with Crippen LogP contribution in [0.3, 0.4) is 0 Å². The van der Waals surface area contributed by atoms with E-state index >= 15 is 0 Å². The largest absolute Gasteiger partial charge is 0.382 e. The Morgan fingerprint density at radius 2 is 2.19 bits per heavy atom. The molecule has 2 N–H and O–H groups in total. The second-order valence-electron chi connectivity index (χ2n) is 3.33. The van der Waals surface area contributed by atoms with Crippen molar-refractivity contribution in [3.8, 4) is 0 Å². The van der Waals surface area contributed by atoms with Crippen molar-refractivity contribution < 1.29 is 4.39 Å². The summed E-state index contributed by atoms with van der Waals surface area (Å²) in [4.78, 5) is 7.94. The van der Waals surface area contributed by atoms with Crippen molar-refractivity contribution in [3.05, 3.63) is 52.7 Å². The van der Waals surface area contributed by atoms with Gasteiger partial charge in [0.25, 0.3) is 0 Å². The van der Waals surface area contributed by atoms with Crippen LogP contribution in [-0.4, -0.2) is 9.97 Å². The van der Waals surface area contributed by atoms with Crippen LogP contribution in [0.1, 0.15) is 11.3 Å². The van der Waals surface area contributed by atoms with E-state index in [1.54, 1.807) is 12.1 Å². The molecule has 5 heteroatoms. The van der Waals surface area contributed by atoms with Crippen molar-refractivity contribution >= 4 is 17.4 Å². The molecule has 16 heavy (non-hydrogen) atoms. The van der Waals surface area contributed by atoms with E-state index in [1.807, 2.05) is 0 Å². The molecule has 2 rings (SSSR count). The molecule has 0 spiro atoms. The van der Waals surface area contributed by atoms with Crippen molar-refractivity contribution in [2.24, 2.45) is 0 Å². The zero-order valence-corrected chi connectivity index (χ0v) is 9.08. The van der Waals surface area contributed by atoms with Gasteiger partial charge in [0.05, 0.1) is 11.9 Å². The second-order valence-corrected chi connectivity index (χ2v) is 3.72. The molecule has 0 radical (unpaired) electrons. The highest BCUT2D eigenvalue weighted by atomic mass is 35.5. The molecule has 1 aromatic heterocycles. The molecule has 0 bridgehead atoms. The number of aromatic nitrogens is 2. The van der Waals surface area contributed by atoms with E-state index in [9.17, 15) is 4.39 Å². The number of nitrogen functional groups attached to an aromatic ring is 1. The number of rotatable bonds is 2. The summed E-state index contributed by atoms with van der Waals surface area (Å²) in [5.74, 6) is -0.00486. The summed E-state index contributed by atoms with van der Waals surface area (Å²) in [7, 11) is 0. The summed E-state index contributed by atoms with van der Waals surface area (Å²) in [6, 6.07) is 6.28. The summed E-state index contributed by atoms with van der Waals surface area (Å²) < 4.78 is 12.9. The first-order valence-electron chi connectivity index (χ1n) is 4.66. The van der Waals surface area contributed by atoms with Crippen molar-refractivity contribution in [3.63, 3.8) is 0 Å². The quantitative estimate of drug-likeness (QED) is 0.873. The van der Waals surface area contributed by atoms with Crippen molar-refractivity contribution in [1.29, 1.82) is 0 Å². The minimum absolute atomic E-state index is 0.250. The Hall–Kier alpha value is -1.68. The zero-order valence-electron chi connectivity index (χ0n) is 8.32. The van der Waals surface area contributed by atoms with Crippen LogP contribution < -0.4 is 5.73 Å². The van der Waals surface area contributed by atoms with Gasteiger partial charge in [-0.3, -0.25) is 4.98 Å². The van der Waals surface area contributed by atoms with Gasteiger partial charge in [-0.25, -0.2) is 9.37 Å². The van der Waals surface area contributed by atoms with E-state index in [2.05, 4.69) is 9.97 Å². The first-order valence-corrected chi connectivity index (χ1v) is 5.04. The molecule has 2 aromatic rings. The van der Waals surface area contributed by atoms with Crippen molar-refractivity contribution in [2.75, 3.05) is 5.73 Å². The predicted molar refractivity (Wildman–Crippen MR) is 60.7 cm³/mol. The summed E-state index contributed by atoms with van der Waals surface area (Å²) in [6.07, 6.45) is 1.86. The Morgan fingerprint density at radius 1 is 1.38 bits per heavy atom. The zero-order chi connectivity index (χ0) is 11.5. The molecule has 0 aliphatic carbocycles. The van der Waals surface area contributed by atoms with E-state index in [0.717, 1.165) is 5.56 Å². The molecule has 0 amide bonds. The van der Waals surface area contributed by atoms with Crippen LogP contribution in [-0.2, 0) is 6.42 Å². The van der Waals surface area contributed by atoms with Crippen LogP contribution in [0.25, 0.3) is 0 Å². The minimum Gasteiger partial charge on any atom is -0.382 e. The second kappa shape index (κ2) is 4.45. The average Bonchev–Trinajstić information content (AvgIpc) is 2.22. The lowest BCUT2D eigenvalue weighted by molar-refractivity contribution is 0.626. The van der Waals surface area contributed by atoms with Crippen molar-refractivity contribution in [2.45, 2.75) is 6.42 Å². The standard InChI is InChI=1S/C11H9ClFN3/c12-10-6-15-9(11(14)16-10)5-7-2-1-3-8(13)4-7/h1-4,6H,5H2,(H2,14,16). The van der Waals surface area contributed by atoms with Gasteiger partial charge in [-0.2, -0.15) is 0 Å². The van der Waals surface area contributed by atoms with E-state index in [4.69, 9.17) is 17.3 Å². The molecular weight excluding hydrogens is 229 g/mol. The molecule has 0 aliphatic rings. The SMILES string of the molecule is Nc1nc(Cl)cnc1Cc1cccc(F)c1. The number of hydrogen-bond donors (Lipinski definition) is 1. The van der Waals surface area contributed by atoms with E-state index < -0.39 is 0 Å². The lowest BCUT2D eigenvalue weighted by atomic mass is 10.1. The highest BCUT2D eigenvalue weighted by molar-refractivity contribution is 6.29. The molecule has 3 nitrogen and oxygen atoms in total. The first kappa shape index (κ1) is 10.8. The summed E-state index contributed by atoms with van der Waals surface area (Å²) in [6.45, 7) is 0. The molecule has 0 fully saturated rings. The highest BCUT2D eigenvalue weighted by Gasteiger charge is 2.05. The summed E-state index contributed by atoms with van der Waals surface area (Å²) in [5, 5.41) is 0.250. The van der Waals surface area contributed by atoms with E-state index in [1.165, 1.54) is 18.3 Å². The van der Waals surface area contributed by atoms with Gasteiger partial charge in [0.15, 0.2) is 0 Å². The average molecular weight is 238 g/mol. The number of nitrogens with two attached hydrogens (primary N) is 1. The van der Waals surface area contributed by atoms with Crippen LogP contribution in [0.4, 0.5) is 10.2 Å². The van der Waals surface area contributed by atoms with E-state index in [0.29, 0.717) is 12.1 Å². The normalized spacial score (nSPS) is 10.4. The minimum atomic E-state index is -0.280. The van der Waals surface area contributed by atoms with Gasteiger partial charge in [-0.05, 0) is 17.7 Å². The number of halogens is 2. The maximum Gasteiger partial charge on any atom is 0.149 e. The molecule has 0 aliphatic heterocycles. The van der Waals surface area contributed by atoms with Gasteiger partial charge >= 0.3 is 0 Å². The van der Waals surface area contributed by atoms with Crippen LogP contribution in [0, 0.1) is 5.82 Å². The Bertz CT molecular complexity index is 516. The van der Waals surface area contributed by atoms with Crippen LogP contribution in [0.15, 0.2) is 30.5 Å². The number of anilines is 1. The molecule has 1 heterocycles. The third-order valence-electron chi connectivity index (χ3n) is 2.11. The van der Waals surface area contributed by atoms with Crippen LogP contribution in [0.2, 0.25) is 5.15 Å². The van der Waals surface area contributed by atoms with Gasteiger partial charge in [-0.15, -0.1) is 0 Å². The molecule has 0 atom stereocenters. The molecule has 1 aromatic carbocycles. The van der Waals surface area contributed by atoms with Gasteiger partial charge in [0.2, 0.25) is 0 Å². The highest BCUT2D eigenvalue weighted by Crippen LogP contribution is 2.15. The Balaban J connectivity index is 2.27. The molecule has 0 saturated carbocycles. The fraction of sp³-hybridized carbons (Fsp3) is 0.0909. The third-order valence-corrected chi connectivity index (χ3v) is 2.29. The Labute approximate surface area is 97.1 Å². The molecule has 82 valence electrons. The van der Waals surface area contributed by atoms with Gasteiger partial charge in [-0.1, -0.05) is 23.7 Å². The van der Waals surface area contributed by atoms with Crippen LogP contribution in [0.5, 0.6) is 0 Å².